The number of para-hydroxylation sites is 1. The molecule has 3 aliphatic rings. The van der Waals surface area contributed by atoms with Gasteiger partial charge in [-0.1, -0.05) is 31.5 Å². The number of piperidine rings is 1. The van der Waals surface area contributed by atoms with Gasteiger partial charge in [-0.05, 0) is 44.6 Å². The first-order valence-corrected chi connectivity index (χ1v) is 11.3. The van der Waals surface area contributed by atoms with Crippen LogP contribution >= 0.6 is 0 Å². The number of hydrogen-bond donors (Lipinski definition) is 2. The van der Waals surface area contributed by atoms with Gasteiger partial charge in [-0.25, -0.2) is 0 Å². The van der Waals surface area contributed by atoms with E-state index >= 15 is 0 Å². The maximum Gasteiger partial charge on any atom is 0.217 e. The van der Waals surface area contributed by atoms with Crippen molar-refractivity contribution in [3.8, 4) is 0 Å². The normalized spacial score (nSPS) is 35.8. The van der Waals surface area contributed by atoms with E-state index in [1.54, 1.807) is 6.92 Å². The number of ether oxygens (including phenoxy) is 1. The first-order chi connectivity index (χ1) is 13.9. The lowest BCUT2D eigenvalue weighted by molar-refractivity contribution is -0.152. The van der Waals surface area contributed by atoms with Gasteiger partial charge in [0.05, 0.1) is 18.3 Å². The lowest BCUT2D eigenvalue weighted by Crippen LogP contribution is -2.60. The molecule has 2 heterocycles. The summed E-state index contributed by atoms with van der Waals surface area (Å²) in [5.41, 5.74) is 2.19. The molecular weight excluding hydrogens is 364 g/mol. The van der Waals surface area contributed by atoms with Crippen molar-refractivity contribution < 1.29 is 14.6 Å². The van der Waals surface area contributed by atoms with E-state index in [0.717, 1.165) is 45.2 Å². The molecule has 2 N–H and O–H groups in total. The number of carbonyl (C=O) groups is 1. The van der Waals surface area contributed by atoms with Gasteiger partial charge in [0.25, 0.3) is 0 Å². The van der Waals surface area contributed by atoms with Crippen LogP contribution in [0, 0.1) is 11.8 Å². The third-order valence-electron chi connectivity index (χ3n) is 7.37. The number of carbonyl (C=O) groups excluding carboxylic acids is 1. The van der Waals surface area contributed by atoms with E-state index < -0.39 is 0 Å². The molecule has 1 amide bonds. The summed E-state index contributed by atoms with van der Waals surface area (Å²) in [4.78, 5) is 14.4. The van der Waals surface area contributed by atoms with Gasteiger partial charge in [-0.3, -0.25) is 4.79 Å². The molecule has 29 heavy (non-hydrogen) atoms. The number of fused-ring (bicyclic) bond motifs is 1. The van der Waals surface area contributed by atoms with Crippen LogP contribution in [-0.4, -0.2) is 41.9 Å². The van der Waals surface area contributed by atoms with Crippen molar-refractivity contribution in [3.63, 3.8) is 0 Å². The van der Waals surface area contributed by atoms with E-state index in [9.17, 15) is 9.90 Å². The van der Waals surface area contributed by atoms with Crippen LogP contribution < -0.4 is 10.2 Å². The number of nitrogens with one attached hydrogen (secondary N) is 1. The highest BCUT2D eigenvalue weighted by molar-refractivity contribution is 5.74. The minimum atomic E-state index is -0.245. The van der Waals surface area contributed by atoms with Crippen molar-refractivity contribution in [1.82, 2.24) is 5.32 Å². The molecule has 0 unspecified atom stereocenters. The van der Waals surface area contributed by atoms with Gasteiger partial charge in [0.15, 0.2) is 0 Å². The highest BCUT2D eigenvalue weighted by Crippen LogP contribution is 2.49. The van der Waals surface area contributed by atoms with Gasteiger partial charge in [0.1, 0.15) is 0 Å². The second kappa shape index (κ2) is 8.27. The second-order valence-corrected chi connectivity index (χ2v) is 9.77. The predicted molar refractivity (Wildman–Crippen MR) is 115 cm³/mol. The molecule has 2 aliphatic heterocycles. The molecule has 1 aromatic rings. The number of rotatable bonds is 3. The minimum Gasteiger partial charge on any atom is -0.393 e. The maximum atomic E-state index is 12.1. The number of nitrogens with zero attached hydrogens (tertiary/aromatic N) is 1. The van der Waals surface area contributed by atoms with Crippen molar-refractivity contribution in [3.05, 3.63) is 29.8 Å². The fourth-order valence-corrected chi connectivity index (χ4v) is 5.89. The van der Waals surface area contributed by atoms with Crippen LogP contribution in [0.25, 0.3) is 0 Å². The van der Waals surface area contributed by atoms with E-state index in [2.05, 4.69) is 48.3 Å². The van der Waals surface area contributed by atoms with Crippen molar-refractivity contribution >= 4 is 11.6 Å². The molecule has 160 valence electrons. The first-order valence-electron chi connectivity index (χ1n) is 11.3. The average molecular weight is 401 g/mol. The molecule has 1 saturated carbocycles. The van der Waals surface area contributed by atoms with E-state index in [-0.39, 0.29) is 29.8 Å². The zero-order valence-electron chi connectivity index (χ0n) is 18.1. The third kappa shape index (κ3) is 4.31. The molecular formula is C24H36N2O3. The largest absolute Gasteiger partial charge is 0.393 e. The lowest BCUT2D eigenvalue weighted by atomic mass is 9.66. The second-order valence-electron chi connectivity index (χ2n) is 9.77. The maximum absolute atomic E-state index is 12.1. The molecule has 0 spiro atoms. The van der Waals surface area contributed by atoms with Gasteiger partial charge < -0.3 is 20.1 Å². The van der Waals surface area contributed by atoms with Gasteiger partial charge in [0, 0.05) is 49.1 Å². The Labute approximate surface area is 174 Å². The van der Waals surface area contributed by atoms with Gasteiger partial charge in [-0.15, -0.1) is 0 Å². The Morgan fingerprint density at radius 3 is 2.66 bits per heavy atom. The summed E-state index contributed by atoms with van der Waals surface area (Å²) < 4.78 is 6.75. The fraction of sp³-hybridized carbons (Fsp3) is 0.708. The molecule has 4 rings (SSSR count). The van der Waals surface area contributed by atoms with Crippen molar-refractivity contribution in [2.45, 2.75) is 83.1 Å². The number of anilines is 1. The molecule has 1 aliphatic carbocycles. The molecule has 3 fully saturated rings. The molecule has 5 atom stereocenters. The molecule has 0 bridgehead atoms. The van der Waals surface area contributed by atoms with Crippen LogP contribution in [0.2, 0.25) is 0 Å². The van der Waals surface area contributed by atoms with Crippen molar-refractivity contribution in [1.29, 1.82) is 0 Å². The molecule has 0 radical (unpaired) electrons. The van der Waals surface area contributed by atoms with Crippen LogP contribution in [0.1, 0.15) is 71.0 Å². The number of amides is 1. The predicted octanol–water partition coefficient (Wildman–Crippen LogP) is 3.81. The average Bonchev–Trinajstić information content (AvgIpc) is 2.67. The SMILES string of the molecule is CC(=O)N[C@]1(C)C[C@H](c2ccccc2N2CCC(O)CC2)O[C@@H]2C[C@H](C)CC[C@H]21. The zero-order chi connectivity index (χ0) is 20.6. The minimum absolute atomic E-state index is 0.0264. The molecule has 0 aromatic heterocycles. The van der Waals surface area contributed by atoms with E-state index in [0.29, 0.717) is 11.8 Å². The topological polar surface area (TPSA) is 61.8 Å². The Morgan fingerprint density at radius 1 is 1.21 bits per heavy atom. The van der Waals surface area contributed by atoms with Gasteiger partial charge >= 0.3 is 0 Å². The fourth-order valence-electron chi connectivity index (χ4n) is 5.89. The summed E-state index contributed by atoms with van der Waals surface area (Å²) in [5.74, 6) is 1.08. The smallest absolute Gasteiger partial charge is 0.217 e. The number of aliphatic hydroxyl groups excluding tert-OH is 1. The first kappa shape index (κ1) is 20.7. The quantitative estimate of drug-likeness (QED) is 0.810. The number of hydrogen-bond acceptors (Lipinski definition) is 4. The monoisotopic (exact) mass is 400 g/mol. The molecule has 2 saturated heterocycles. The molecule has 5 nitrogen and oxygen atoms in total. The molecule has 1 aromatic carbocycles. The summed E-state index contributed by atoms with van der Waals surface area (Å²) in [7, 11) is 0. The Morgan fingerprint density at radius 2 is 1.93 bits per heavy atom. The molecule has 5 heteroatoms. The Kier molecular flexibility index (Phi) is 5.90. The standard InChI is InChI=1S/C24H36N2O3/c1-16-8-9-20-22(14-16)29-23(15-24(20,3)25-17(2)27)19-6-4-5-7-21(19)26-12-10-18(28)11-13-26/h4-7,16,18,20,22-23,28H,8-15H2,1-3H3,(H,25,27)/t16-,20-,22-,23-,24-/m1/s1. The van der Waals surface area contributed by atoms with Crippen LogP contribution in [0.4, 0.5) is 5.69 Å². The van der Waals surface area contributed by atoms with Crippen LogP contribution in [0.3, 0.4) is 0 Å². The summed E-state index contributed by atoms with van der Waals surface area (Å²) >= 11 is 0. The van der Waals surface area contributed by atoms with Gasteiger partial charge in [0.2, 0.25) is 5.91 Å². The van der Waals surface area contributed by atoms with Crippen LogP contribution in [0.5, 0.6) is 0 Å². The number of benzene rings is 1. The Hall–Kier alpha value is -1.59. The summed E-state index contributed by atoms with van der Waals surface area (Å²) in [6, 6.07) is 8.55. The summed E-state index contributed by atoms with van der Waals surface area (Å²) in [6.07, 6.45) is 5.78. The summed E-state index contributed by atoms with van der Waals surface area (Å²) in [6.45, 7) is 7.90. The van der Waals surface area contributed by atoms with Crippen molar-refractivity contribution in [2.75, 3.05) is 18.0 Å². The number of aliphatic hydroxyl groups is 1. The zero-order valence-corrected chi connectivity index (χ0v) is 18.1. The van der Waals surface area contributed by atoms with E-state index in [1.165, 1.54) is 17.7 Å². The highest BCUT2D eigenvalue weighted by Gasteiger charge is 2.49. The Bertz CT molecular complexity index is 731. The highest BCUT2D eigenvalue weighted by atomic mass is 16.5. The van der Waals surface area contributed by atoms with Crippen LogP contribution in [0.15, 0.2) is 24.3 Å². The van der Waals surface area contributed by atoms with Crippen LogP contribution in [-0.2, 0) is 9.53 Å². The Balaban J connectivity index is 1.64. The third-order valence-corrected chi connectivity index (χ3v) is 7.37. The lowest BCUT2D eigenvalue weighted by Gasteiger charge is -2.52. The summed E-state index contributed by atoms with van der Waals surface area (Å²) in [5, 5.41) is 13.2. The van der Waals surface area contributed by atoms with Crippen molar-refractivity contribution in [2.24, 2.45) is 11.8 Å². The van der Waals surface area contributed by atoms with Gasteiger partial charge in [-0.2, -0.15) is 0 Å². The van der Waals surface area contributed by atoms with E-state index in [4.69, 9.17) is 4.74 Å². The van der Waals surface area contributed by atoms with E-state index in [1.807, 2.05) is 0 Å².